The highest BCUT2D eigenvalue weighted by atomic mass is 35.5. The molecule has 3 fully saturated rings. The van der Waals surface area contributed by atoms with Crippen molar-refractivity contribution in [2.24, 2.45) is 11.8 Å². The molecule has 0 spiro atoms. The van der Waals surface area contributed by atoms with Crippen LogP contribution in [0, 0.1) is 17.7 Å². The highest BCUT2D eigenvalue weighted by molar-refractivity contribution is 6.31. The van der Waals surface area contributed by atoms with Crippen LogP contribution in [0.1, 0.15) is 51.9 Å². The predicted molar refractivity (Wildman–Crippen MR) is 121 cm³/mol. The first-order valence-electron chi connectivity index (χ1n) is 11.7. The topological polar surface area (TPSA) is 43.9 Å². The fourth-order valence-electron chi connectivity index (χ4n) is 5.33. The number of piperidine rings is 2. The van der Waals surface area contributed by atoms with Crippen molar-refractivity contribution < 1.29 is 14.0 Å². The molecular formula is C24H33ClFN3O2. The molecule has 0 bridgehead atoms. The molecule has 3 saturated heterocycles. The zero-order valence-electron chi connectivity index (χ0n) is 18.4. The Morgan fingerprint density at radius 3 is 2.35 bits per heavy atom. The van der Waals surface area contributed by atoms with E-state index >= 15 is 0 Å². The minimum Gasteiger partial charge on any atom is -0.303 e. The van der Waals surface area contributed by atoms with E-state index in [2.05, 4.69) is 16.7 Å². The van der Waals surface area contributed by atoms with Crippen molar-refractivity contribution in [1.29, 1.82) is 0 Å². The van der Waals surface area contributed by atoms with E-state index in [0.717, 1.165) is 31.8 Å². The summed E-state index contributed by atoms with van der Waals surface area (Å²) in [5, 5.41) is -0.0821. The molecule has 1 atom stereocenters. The first kappa shape index (κ1) is 22.7. The van der Waals surface area contributed by atoms with Crippen molar-refractivity contribution in [1.82, 2.24) is 9.80 Å². The first-order chi connectivity index (χ1) is 15.0. The summed E-state index contributed by atoms with van der Waals surface area (Å²) in [5.41, 5.74) is 0.352. The summed E-state index contributed by atoms with van der Waals surface area (Å²) in [4.78, 5) is 31.5. The lowest BCUT2D eigenvalue weighted by Gasteiger charge is -2.36. The highest BCUT2D eigenvalue weighted by Crippen LogP contribution is 2.31. The number of anilines is 1. The first-order valence-corrected chi connectivity index (χ1v) is 12.1. The number of halogens is 2. The van der Waals surface area contributed by atoms with Gasteiger partial charge in [-0.05, 0) is 94.9 Å². The number of hydrogen-bond donors (Lipinski definition) is 0. The minimum absolute atomic E-state index is 0.0821. The van der Waals surface area contributed by atoms with Crippen LogP contribution in [0.3, 0.4) is 0 Å². The van der Waals surface area contributed by atoms with Crippen LogP contribution in [0.2, 0.25) is 5.02 Å². The van der Waals surface area contributed by atoms with Gasteiger partial charge in [-0.15, -0.1) is 0 Å². The molecular weight excluding hydrogens is 417 g/mol. The fraction of sp³-hybridized carbons (Fsp3) is 0.667. The lowest BCUT2D eigenvalue weighted by molar-refractivity contribution is -0.123. The van der Waals surface area contributed by atoms with E-state index in [1.807, 2.05) is 0 Å². The van der Waals surface area contributed by atoms with Crippen LogP contribution in [0.15, 0.2) is 18.2 Å². The van der Waals surface area contributed by atoms with Crippen LogP contribution in [-0.2, 0) is 9.59 Å². The largest absolute Gasteiger partial charge is 0.303 e. The molecule has 3 aliphatic rings. The normalized spacial score (nSPS) is 25.0. The van der Waals surface area contributed by atoms with Crippen molar-refractivity contribution in [2.45, 2.75) is 57.9 Å². The summed E-state index contributed by atoms with van der Waals surface area (Å²) in [5.74, 6) is 0.592. The van der Waals surface area contributed by atoms with Gasteiger partial charge < -0.3 is 4.90 Å². The van der Waals surface area contributed by atoms with Crippen molar-refractivity contribution in [3.05, 3.63) is 29.0 Å². The second-order valence-corrected chi connectivity index (χ2v) is 9.75. The van der Waals surface area contributed by atoms with Crippen LogP contribution < -0.4 is 4.90 Å². The van der Waals surface area contributed by atoms with E-state index in [1.165, 1.54) is 68.4 Å². The number of rotatable bonds is 6. The maximum Gasteiger partial charge on any atom is 0.251 e. The van der Waals surface area contributed by atoms with E-state index in [0.29, 0.717) is 11.6 Å². The molecule has 4 rings (SSSR count). The SMILES string of the molecule is CCC1CCN(CCC2CCN(C3CC(=O)N(c4ccc(F)c(Cl)c4)C3=O)CC2)CC1. The Bertz CT molecular complexity index is 804. The maximum absolute atomic E-state index is 13.5. The van der Waals surface area contributed by atoms with Crippen molar-refractivity contribution >= 4 is 29.1 Å². The van der Waals surface area contributed by atoms with Gasteiger partial charge in [-0.2, -0.15) is 0 Å². The third kappa shape index (κ3) is 5.12. The molecule has 0 radical (unpaired) electrons. The highest BCUT2D eigenvalue weighted by Gasteiger charge is 2.43. The Morgan fingerprint density at radius 2 is 1.71 bits per heavy atom. The van der Waals surface area contributed by atoms with Gasteiger partial charge >= 0.3 is 0 Å². The van der Waals surface area contributed by atoms with E-state index < -0.39 is 11.9 Å². The molecule has 170 valence electrons. The van der Waals surface area contributed by atoms with E-state index in [-0.39, 0.29) is 23.3 Å². The number of imide groups is 1. The van der Waals surface area contributed by atoms with Crippen LogP contribution in [-0.4, -0.2) is 60.4 Å². The Balaban J connectivity index is 1.26. The predicted octanol–water partition coefficient (Wildman–Crippen LogP) is 4.34. The summed E-state index contributed by atoms with van der Waals surface area (Å²) < 4.78 is 13.5. The smallest absolute Gasteiger partial charge is 0.251 e. The second-order valence-electron chi connectivity index (χ2n) is 9.35. The minimum atomic E-state index is -0.558. The molecule has 0 aromatic heterocycles. The molecule has 2 amide bonds. The van der Waals surface area contributed by atoms with Crippen LogP contribution in [0.5, 0.6) is 0 Å². The van der Waals surface area contributed by atoms with Crippen molar-refractivity contribution in [3.63, 3.8) is 0 Å². The summed E-state index contributed by atoms with van der Waals surface area (Å²) >= 11 is 5.85. The van der Waals surface area contributed by atoms with E-state index in [9.17, 15) is 14.0 Å². The maximum atomic E-state index is 13.5. The molecule has 5 nitrogen and oxygen atoms in total. The van der Waals surface area contributed by atoms with Crippen molar-refractivity contribution in [2.75, 3.05) is 37.6 Å². The summed E-state index contributed by atoms with van der Waals surface area (Å²) in [6.45, 7) is 7.65. The molecule has 1 aromatic carbocycles. The molecule has 1 aromatic rings. The quantitative estimate of drug-likeness (QED) is 0.606. The van der Waals surface area contributed by atoms with Gasteiger partial charge in [-0.1, -0.05) is 24.9 Å². The zero-order valence-corrected chi connectivity index (χ0v) is 19.1. The average molecular weight is 450 g/mol. The lowest BCUT2D eigenvalue weighted by atomic mass is 9.91. The molecule has 0 saturated carbocycles. The molecule has 3 heterocycles. The molecule has 0 aliphatic carbocycles. The lowest BCUT2D eigenvalue weighted by Crippen LogP contribution is -2.46. The summed E-state index contributed by atoms with van der Waals surface area (Å²) in [7, 11) is 0. The number of hydrogen-bond acceptors (Lipinski definition) is 4. The third-order valence-electron chi connectivity index (χ3n) is 7.51. The number of benzene rings is 1. The Kier molecular flexibility index (Phi) is 7.29. The molecule has 31 heavy (non-hydrogen) atoms. The summed E-state index contributed by atoms with van der Waals surface area (Å²) in [6.07, 6.45) is 7.54. The Morgan fingerprint density at radius 1 is 1.03 bits per heavy atom. The van der Waals surface area contributed by atoms with Gasteiger partial charge in [0.1, 0.15) is 5.82 Å². The monoisotopic (exact) mass is 449 g/mol. The third-order valence-corrected chi connectivity index (χ3v) is 7.80. The van der Waals surface area contributed by atoms with Gasteiger partial charge in [-0.25, -0.2) is 9.29 Å². The fourth-order valence-corrected chi connectivity index (χ4v) is 5.51. The van der Waals surface area contributed by atoms with Gasteiger partial charge in [0, 0.05) is 0 Å². The van der Waals surface area contributed by atoms with Gasteiger partial charge in [-0.3, -0.25) is 14.5 Å². The van der Waals surface area contributed by atoms with E-state index in [4.69, 9.17) is 11.6 Å². The van der Waals surface area contributed by atoms with Crippen molar-refractivity contribution in [3.8, 4) is 0 Å². The zero-order chi connectivity index (χ0) is 22.0. The van der Waals surface area contributed by atoms with Gasteiger partial charge in [0.05, 0.1) is 23.2 Å². The number of likely N-dealkylation sites (tertiary alicyclic amines) is 2. The van der Waals surface area contributed by atoms with E-state index in [1.54, 1.807) is 0 Å². The van der Waals surface area contributed by atoms with Crippen LogP contribution in [0.4, 0.5) is 10.1 Å². The van der Waals surface area contributed by atoms with Gasteiger partial charge in [0.15, 0.2) is 0 Å². The Hall–Kier alpha value is -1.50. The molecule has 0 N–H and O–H groups in total. The number of amides is 2. The van der Waals surface area contributed by atoms with Gasteiger partial charge in [0.2, 0.25) is 5.91 Å². The molecule has 1 unspecified atom stereocenters. The number of nitrogens with zero attached hydrogens (tertiary/aromatic N) is 3. The second kappa shape index (κ2) is 9.97. The van der Waals surface area contributed by atoms with Gasteiger partial charge in [0.25, 0.3) is 5.91 Å². The summed E-state index contributed by atoms with van der Waals surface area (Å²) in [6, 6.07) is 3.58. The Labute approximate surface area is 189 Å². The number of carbonyl (C=O) groups is 2. The standard InChI is InChI=1S/C24H33ClFN3O2/c1-2-17-5-10-27(11-6-17)12-7-18-8-13-28(14-9-18)22-16-23(30)29(24(22)31)19-3-4-21(26)20(25)15-19/h3-4,15,17-18,22H,2,5-14,16H2,1H3. The number of carbonyl (C=O) groups excluding carboxylic acids is 2. The van der Waals surface area contributed by atoms with Crippen LogP contribution in [0.25, 0.3) is 0 Å². The van der Waals surface area contributed by atoms with Crippen LogP contribution >= 0.6 is 11.6 Å². The molecule has 7 heteroatoms. The average Bonchev–Trinajstić information content (AvgIpc) is 3.09. The molecule has 3 aliphatic heterocycles.